The molecule has 0 bridgehead atoms. The summed E-state index contributed by atoms with van der Waals surface area (Å²) in [7, 11) is 4.25. The molecule has 0 spiro atoms. The molecule has 0 amide bonds. The summed E-state index contributed by atoms with van der Waals surface area (Å²) in [6.45, 7) is 11.2. The number of hydrogen-bond donors (Lipinski definition) is 2. The highest BCUT2D eigenvalue weighted by atomic mass is 32.2. The Morgan fingerprint density at radius 2 is 2.11 bits per heavy atom. The highest BCUT2D eigenvalue weighted by molar-refractivity contribution is 7.97. The standard InChI is InChI=1S/C23H40FN3S/c1-17(15-26-28-13-7-12-27(5)6)8-9-19-16-25-22-11-10-20(23(3,4)24)14-21(22)18(19)2/h10-11,14,17-19,25-26H,7-9,12-13,15-16H2,1-6H3. The summed E-state index contributed by atoms with van der Waals surface area (Å²) < 4.78 is 17.9. The lowest BCUT2D eigenvalue weighted by Gasteiger charge is -2.34. The highest BCUT2D eigenvalue weighted by Crippen LogP contribution is 2.40. The summed E-state index contributed by atoms with van der Waals surface area (Å²) in [4.78, 5) is 2.23. The van der Waals surface area contributed by atoms with Gasteiger partial charge in [-0.3, -0.25) is 4.72 Å². The smallest absolute Gasteiger partial charge is 0.130 e. The van der Waals surface area contributed by atoms with E-state index in [4.69, 9.17) is 0 Å². The van der Waals surface area contributed by atoms with Crippen LogP contribution in [0.4, 0.5) is 10.1 Å². The fourth-order valence-corrected chi connectivity index (χ4v) is 4.64. The molecule has 2 rings (SSSR count). The third-order valence-corrected chi connectivity index (χ3v) is 6.77. The zero-order valence-electron chi connectivity index (χ0n) is 18.6. The fraction of sp³-hybridized carbons (Fsp3) is 0.739. The largest absolute Gasteiger partial charge is 0.385 e. The summed E-state index contributed by atoms with van der Waals surface area (Å²) in [5.41, 5.74) is 1.96. The Balaban J connectivity index is 1.76. The van der Waals surface area contributed by atoms with Crippen molar-refractivity contribution < 1.29 is 4.39 Å². The molecule has 0 fully saturated rings. The van der Waals surface area contributed by atoms with Gasteiger partial charge in [0.25, 0.3) is 0 Å². The molecule has 28 heavy (non-hydrogen) atoms. The van der Waals surface area contributed by atoms with Gasteiger partial charge in [0.1, 0.15) is 5.67 Å². The molecule has 1 aliphatic rings. The monoisotopic (exact) mass is 409 g/mol. The van der Waals surface area contributed by atoms with Crippen molar-refractivity contribution in [1.29, 1.82) is 0 Å². The molecular formula is C23H40FN3S. The van der Waals surface area contributed by atoms with Crippen LogP contribution in [0.15, 0.2) is 18.2 Å². The minimum Gasteiger partial charge on any atom is -0.385 e. The van der Waals surface area contributed by atoms with Crippen molar-refractivity contribution in [3.8, 4) is 0 Å². The molecular weight excluding hydrogens is 369 g/mol. The van der Waals surface area contributed by atoms with Gasteiger partial charge >= 0.3 is 0 Å². The number of fused-ring (bicyclic) bond motifs is 1. The third-order valence-electron chi connectivity index (χ3n) is 5.91. The second-order valence-corrected chi connectivity index (χ2v) is 10.2. The number of alkyl halides is 1. The van der Waals surface area contributed by atoms with Crippen LogP contribution >= 0.6 is 11.9 Å². The summed E-state index contributed by atoms with van der Waals surface area (Å²) in [6, 6.07) is 6.05. The van der Waals surface area contributed by atoms with Gasteiger partial charge in [0.15, 0.2) is 0 Å². The first-order valence-electron chi connectivity index (χ1n) is 10.7. The average molecular weight is 410 g/mol. The molecule has 0 aliphatic carbocycles. The molecule has 3 nitrogen and oxygen atoms in total. The molecule has 0 radical (unpaired) electrons. The van der Waals surface area contributed by atoms with Crippen molar-refractivity contribution in [2.45, 2.75) is 58.5 Å². The quantitative estimate of drug-likeness (QED) is 0.365. The lowest BCUT2D eigenvalue weighted by molar-refractivity contribution is 0.221. The molecule has 160 valence electrons. The van der Waals surface area contributed by atoms with E-state index in [0.29, 0.717) is 17.8 Å². The van der Waals surface area contributed by atoms with E-state index in [1.54, 1.807) is 13.8 Å². The number of anilines is 1. The number of nitrogens with zero attached hydrogens (tertiary/aromatic N) is 1. The van der Waals surface area contributed by atoms with Crippen molar-refractivity contribution in [1.82, 2.24) is 9.62 Å². The molecule has 3 atom stereocenters. The second-order valence-electron chi connectivity index (χ2n) is 9.24. The van der Waals surface area contributed by atoms with E-state index in [9.17, 15) is 4.39 Å². The number of benzene rings is 1. The van der Waals surface area contributed by atoms with Crippen LogP contribution in [-0.4, -0.2) is 44.4 Å². The van der Waals surface area contributed by atoms with E-state index in [0.717, 1.165) is 25.2 Å². The van der Waals surface area contributed by atoms with E-state index >= 15 is 0 Å². The number of hydrogen-bond acceptors (Lipinski definition) is 4. The molecule has 0 saturated carbocycles. The maximum absolute atomic E-state index is 14.4. The van der Waals surface area contributed by atoms with Crippen LogP contribution in [0, 0.1) is 11.8 Å². The molecule has 0 saturated heterocycles. The number of halogens is 1. The van der Waals surface area contributed by atoms with Crippen LogP contribution in [0.2, 0.25) is 0 Å². The van der Waals surface area contributed by atoms with Gasteiger partial charge < -0.3 is 10.2 Å². The summed E-state index contributed by atoms with van der Waals surface area (Å²) in [6.07, 6.45) is 3.66. The van der Waals surface area contributed by atoms with E-state index in [2.05, 4.69) is 55.0 Å². The number of nitrogens with one attached hydrogen (secondary N) is 2. The lowest BCUT2D eigenvalue weighted by Crippen LogP contribution is -2.28. The summed E-state index contributed by atoms with van der Waals surface area (Å²) in [5, 5.41) is 3.57. The minimum atomic E-state index is -1.29. The van der Waals surface area contributed by atoms with Gasteiger partial charge in [-0.15, -0.1) is 0 Å². The van der Waals surface area contributed by atoms with Crippen molar-refractivity contribution in [3.05, 3.63) is 29.3 Å². The van der Waals surface area contributed by atoms with Crippen molar-refractivity contribution in [2.75, 3.05) is 44.8 Å². The fourth-order valence-electron chi connectivity index (χ4n) is 3.82. The molecule has 1 aromatic rings. The number of rotatable bonds is 11. The predicted octanol–water partition coefficient (Wildman–Crippen LogP) is 5.64. The van der Waals surface area contributed by atoms with Crippen LogP contribution < -0.4 is 10.0 Å². The zero-order chi connectivity index (χ0) is 20.7. The van der Waals surface area contributed by atoms with Crippen LogP contribution in [0.3, 0.4) is 0 Å². The predicted molar refractivity (Wildman–Crippen MR) is 123 cm³/mol. The van der Waals surface area contributed by atoms with Crippen molar-refractivity contribution in [3.63, 3.8) is 0 Å². The average Bonchev–Trinajstić information content (AvgIpc) is 2.63. The molecule has 1 aromatic carbocycles. The van der Waals surface area contributed by atoms with Gasteiger partial charge in [-0.1, -0.05) is 37.9 Å². The van der Waals surface area contributed by atoms with Crippen LogP contribution in [0.5, 0.6) is 0 Å². The first kappa shape index (κ1) is 23.5. The molecule has 0 aromatic heterocycles. The van der Waals surface area contributed by atoms with Gasteiger partial charge in [0.2, 0.25) is 0 Å². The van der Waals surface area contributed by atoms with Crippen molar-refractivity contribution in [2.24, 2.45) is 11.8 Å². The van der Waals surface area contributed by atoms with Crippen molar-refractivity contribution >= 4 is 17.6 Å². The van der Waals surface area contributed by atoms with Crippen LogP contribution in [0.25, 0.3) is 0 Å². The van der Waals surface area contributed by atoms with Gasteiger partial charge in [-0.05, 0) is 88.7 Å². The van der Waals surface area contributed by atoms with Gasteiger partial charge in [0.05, 0.1) is 0 Å². The summed E-state index contributed by atoms with van der Waals surface area (Å²) >= 11 is 1.86. The normalized spacial score (nSPS) is 20.7. The van der Waals surface area contributed by atoms with E-state index < -0.39 is 5.67 Å². The van der Waals surface area contributed by atoms with E-state index in [-0.39, 0.29) is 0 Å². The Morgan fingerprint density at radius 1 is 1.36 bits per heavy atom. The minimum absolute atomic E-state index is 0.471. The Labute approximate surface area is 176 Å². The molecule has 1 heterocycles. The Bertz CT molecular complexity index is 600. The Hall–Kier alpha value is -0.780. The molecule has 1 aliphatic heterocycles. The van der Waals surface area contributed by atoms with Crippen LogP contribution in [0.1, 0.15) is 64.0 Å². The van der Waals surface area contributed by atoms with Gasteiger partial charge in [0, 0.05) is 24.5 Å². The lowest BCUT2D eigenvalue weighted by atomic mass is 9.78. The SMILES string of the molecule is CC(CCC1CNc2ccc(C(C)(C)F)cc2C1C)CNSCCCN(C)C. The van der Waals surface area contributed by atoms with E-state index in [1.165, 1.54) is 36.3 Å². The zero-order valence-corrected chi connectivity index (χ0v) is 19.5. The second kappa shape index (κ2) is 10.8. The molecule has 2 N–H and O–H groups in total. The summed E-state index contributed by atoms with van der Waals surface area (Å²) in [5.74, 6) is 2.92. The molecule has 3 unspecified atom stereocenters. The Kier molecular flexibility index (Phi) is 9.10. The first-order chi connectivity index (χ1) is 13.2. The van der Waals surface area contributed by atoms with E-state index in [1.807, 2.05) is 18.0 Å². The van der Waals surface area contributed by atoms with Gasteiger partial charge in [-0.25, -0.2) is 4.39 Å². The third kappa shape index (κ3) is 7.23. The molecule has 5 heteroatoms. The maximum Gasteiger partial charge on any atom is 0.130 e. The topological polar surface area (TPSA) is 27.3 Å². The van der Waals surface area contributed by atoms with Crippen LogP contribution in [-0.2, 0) is 5.67 Å². The first-order valence-corrected chi connectivity index (χ1v) is 11.7. The highest BCUT2D eigenvalue weighted by Gasteiger charge is 2.28. The van der Waals surface area contributed by atoms with Gasteiger partial charge in [-0.2, -0.15) is 0 Å². The maximum atomic E-state index is 14.4. The Morgan fingerprint density at radius 3 is 2.79 bits per heavy atom.